The van der Waals surface area contributed by atoms with Crippen molar-refractivity contribution in [2.24, 2.45) is 5.41 Å². The largest absolute Gasteiger partial charge is 0.341 e. The smallest absolute Gasteiger partial charge is 0.225 e. The van der Waals surface area contributed by atoms with Gasteiger partial charge in [0.1, 0.15) is 0 Å². The first-order chi connectivity index (χ1) is 12.3. The zero-order valence-electron chi connectivity index (χ0n) is 14.4. The maximum atomic E-state index is 9.06. The lowest BCUT2D eigenvalue weighted by molar-refractivity contribution is 0.205. The lowest BCUT2D eigenvalue weighted by atomic mass is 9.78. The third-order valence-electron chi connectivity index (χ3n) is 5.64. The Bertz CT molecular complexity index is 759. The van der Waals surface area contributed by atoms with E-state index in [1.165, 1.54) is 24.8 Å². The van der Waals surface area contributed by atoms with Crippen molar-refractivity contribution in [2.75, 3.05) is 31.1 Å². The fraction of sp³-hybridized carbons (Fsp3) is 0.450. The number of hydrogen-bond donors (Lipinski definition) is 0. The average Bonchev–Trinajstić information content (AvgIpc) is 3.05. The molecule has 25 heavy (non-hydrogen) atoms. The van der Waals surface area contributed by atoms with Crippen molar-refractivity contribution >= 4 is 5.95 Å². The van der Waals surface area contributed by atoms with Crippen molar-refractivity contribution in [1.29, 1.82) is 5.26 Å². The molecule has 4 rings (SSSR count). The number of likely N-dealkylation sites (tertiary alicyclic amines) is 1. The van der Waals surface area contributed by atoms with Crippen molar-refractivity contribution < 1.29 is 0 Å². The molecule has 0 amide bonds. The van der Waals surface area contributed by atoms with Crippen molar-refractivity contribution in [3.63, 3.8) is 0 Å². The Kier molecular flexibility index (Phi) is 4.37. The molecule has 1 spiro atoms. The number of nitrogens with zero attached hydrogens (tertiary/aromatic N) is 5. The van der Waals surface area contributed by atoms with Crippen LogP contribution in [0.15, 0.2) is 42.7 Å². The van der Waals surface area contributed by atoms with Crippen LogP contribution in [0.3, 0.4) is 0 Å². The quantitative estimate of drug-likeness (QED) is 0.864. The van der Waals surface area contributed by atoms with Crippen LogP contribution >= 0.6 is 0 Å². The number of anilines is 1. The Morgan fingerprint density at radius 3 is 2.56 bits per heavy atom. The molecule has 0 bridgehead atoms. The van der Waals surface area contributed by atoms with Gasteiger partial charge in [0.15, 0.2) is 0 Å². The monoisotopic (exact) mass is 333 g/mol. The normalized spacial score (nSPS) is 19.9. The Labute approximate surface area is 148 Å². The van der Waals surface area contributed by atoms with Crippen molar-refractivity contribution in [3.8, 4) is 6.07 Å². The van der Waals surface area contributed by atoms with E-state index in [0.29, 0.717) is 5.41 Å². The molecule has 1 aromatic carbocycles. The predicted molar refractivity (Wildman–Crippen MR) is 97.0 cm³/mol. The van der Waals surface area contributed by atoms with Gasteiger partial charge in [-0.15, -0.1) is 0 Å². The van der Waals surface area contributed by atoms with E-state index >= 15 is 0 Å². The van der Waals surface area contributed by atoms with Gasteiger partial charge in [-0.25, -0.2) is 9.97 Å². The van der Waals surface area contributed by atoms with Gasteiger partial charge in [0.25, 0.3) is 0 Å². The fourth-order valence-corrected chi connectivity index (χ4v) is 4.20. The standard InChI is InChI=1S/C20H23N5/c21-14-17-3-1-4-18(13-17)15-24-10-5-20(16-24)6-11-25(12-7-20)19-22-8-2-9-23-19/h1-4,8-9,13H,5-7,10-12,15-16H2. The number of aromatic nitrogens is 2. The molecular formula is C20H23N5. The van der Waals surface area contributed by atoms with Crippen LogP contribution in [0.25, 0.3) is 0 Å². The van der Waals surface area contributed by atoms with Crippen molar-refractivity contribution in [3.05, 3.63) is 53.9 Å². The summed E-state index contributed by atoms with van der Waals surface area (Å²) in [7, 11) is 0. The lowest BCUT2D eigenvalue weighted by Gasteiger charge is -2.39. The lowest BCUT2D eigenvalue weighted by Crippen LogP contribution is -2.42. The first kappa shape index (κ1) is 16.0. The number of rotatable bonds is 3. The third-order valence-corrected chi connectivity index (χ3v) is 5.64. The summed E-state index contributed by atoms with van der Waals surface area (Å²) in [5.74, 6) is 0.862. The van der Waals surface area contributed by atoms with E-state index in [0.717, 1.165) is 44.2 Å². The van der Waals surface area contributed by atoms with Gasteiger partial charge in [0.2, 0.25) is 5.95 Å². The van der Waals surface area contributed by atoms with Gasteiger partial charge in [-0.1, -0.05) is 12.1 Å². The highest BCUT2D eigenvalue weighted by molar-refractivity contribution is 5.33. The molecule has 0 unspecified atom stereocenters. The molecule has 5 heteroatoms. The predicted octanol–water partition coefficient (Wildman–Crippen LogP) is 2.84. The molecule has 2 saturated heterocycles. The summed E-state index contributed by atoms with van der Waals surface area (Å²) in [6.07, 6.45) is 7.33. The summed E-state index contributed by atoms with van der Waals surface area (Å²) in [6, 6.07) is 12.1. The Morgan fingerprint density at radius 1 is 1.04 bits per heavy atom. The molecule has 0 saturated carbocycles. The Balaban J connectivity index is 1.35. The summed E-state index contributed by atoms with van der Waals surface area (Å²) in [5.41, 5.74) is 2.44. The molecule has 5 nitrogen and oxygen atoms in total. The molecule has 128 valence electrons. The number of benzene rings is 1. The molecule has 0 aliphatic carbocycles. The summed E-state index contributed by atoms with van der Waals surface area (Å²) in [6.45, 7) is 5.35. The van der Waals surface area contributed by atoms with E-state index in [-0.39, 0.29) is 0 Å². The van der Waals surface area contributed by atoms with Gasteiger partial charge in [-0.05, 0) is 55.0 Å². The van der Waals surface area contributed by atoms with Crippen LogP contribution in [0.4, 0.5) is 5.95 Å². The summed E-state index contributed by atoms with van der Waals surface area (Å²) < 4.78 is 0. The number of nitriles is 1. The fourth-order valence-electron chi connectivity index (χ4n) is 4.20. The second-order valence-electron chi connectivity index (χ2n) is 7.31. The van der Waals surface area contributed by atoms with E-state index in [9.17, 15) is 0 Å². The van der Waals surface area contributed by atoms with Crippen molar-refractivity contribution in [2.45, 2.75) is 25.8 Å². The molecule has 2 fully saturated rings. The topological polar surface area (TPSA) is 56.1 Å². The highest BCUT2D eigenvalue weighted by atomic mass is 15.3. The molecule has 2 aliphatic heterocycles. The first-order valence-electron chi connectivity index (χ1n) is 9.00. The number of hydrogen-bond acceptors (Lipinski definition) is 5. The van der Waals surface area contributed by atoms with Crippen LogP contribution in [-0.4, -0.2) is 41.0 Å². The molecule has 3 heterocycles. The molecule has 1 aromatic heterocycles. The molecule has 2 aliphatic rings. The van der Waals surface area contributed by atoms with E-state index in [1.807, 2.05) is 36.7 Å². The van der Waals surface area contributed by atoms with Crippen LogP contribution in [-0.2, 0) is 6.54 Å². The van der Waals surface area contributed by atoms with Crippen LogP contribution < -0.4 is 4.90 Å². The van der Waals surface area contributed by atoms with Crippen molar-refractivity contribution in [1.82, 2.24) is 14.9 Å². The summed E-state index contributed by atoms with van der Waals surface area (Å²) >= 11 is 0. The minimum Gasteiger partial charge on any atom is -0.341 e. The second-order valence-corrected chi connectivity index (χ2v) is 7.31. The highest BCUT2D eigenvalue weighted by Crippen LogP contribution is 2.41. The van der Waals surface area contributed by atoms with Gasteiger partial charge < -0.3 is 4.90 Å². The molecule has 2 aromatic rings. The SMILES string of the molecule is N#Cc1cccc(CN2CCC3(CCN(c4ncccn4)CC3)C2)c1. The van der Waals surface area contributed by atoms with Crippen LogP contribution in [0.5, 0.6) is 0 Å². The number of piperidine rings is 1. The zero-order valence-corrected chi connectivity index (χ0v) is 14.4. The maximum absolute atomic E-state index is 9.06. The van der Waals surface area contributed by atoms with Crippen LogP contribution in [0.2, 0.25) is 0 Å². The Morgan fingerprint density at radius 2 is 1.80 bits per heavy atom. The molecule has 0 N–H and O–H groups in total. The van der Waals surface area contributed by atoms with Gasteiger partial charge >= 0.3 is 0 Å². The second kappa shape index (κ2) is 6.81. The summed E-state index contributed by atoms with van der Waals surface area (Å²) in [4.78, 5) is 13.6. The molecule has 0 radical (unpaired) electrons. The summed E-state index contributed by atoms with van der Waals surface area (Å²) in [5, 5.41) is 9.06. The maximum Gasteiger partial charge on any atom is 0.225 e. The zero-order chi connectivity index (χ0) is 17.1. The van der Waals surface area contributed by atoms with Crippen LogP contribution in [0, 0.1) is 16.7 Å². The van der Waals surface area contributed by atoms with E-state index < -0.39 is 0 Å². The molecule has 0 atom stereocenters. The third kappa shape index (κ3) is 3.49. The van der Waals surface area contributed by atoms with E-state index in [2.05, 4.69) is 31.9 Å². The van der Waals surface area contributed by atoms with Gasteiger partial charge in [0.05, 0.1) is 11.6 Å². The van der Waals surface area contributed by atoms with Gasteiger partial charge in [-0.2, -0.15) is 5.26 Å². The minimum atomic E-state index is 0.443. The minimum absolute atomic E-state index is 0.443. The Hall–Kier alpha value is -2.45. The van der Waals surface area contributed by atoms with Gasteiger partial charge in [0, 0.05) is 38.6 Å². The molecular weight excluding hydrogens is 310 g/mol. The highest BCUT2D eigenvalue weighted by Gasteiger charge is 2.40. The van der Waals surface area contributed by atoms with E-state index in [4.69, 9.17) is 5.26 Å². The van der Waals surface area contributed by atoms with E-state index in [1.54, 1.807) is 0 Å². The average molecular weight is 333 g/mol. The van der Waals surface area contributed by atoms with Crippen LogP contribution in [0.1, 0.15) is 30.4 Å². The van der Waals surface area contributed by atoms with Gasteiger partial charge in [-0.3, -0.25) is 4.90 Å². The first-order valence-corrected chi connectivity index (χ1v) is 9.00.